The number of esters is 1. The van der Waals surface area contributed by atoms with Crippen LogP contribution in [-0.4, -0.2) is 64.6 Å². The molecule has 3 aliphatic carbocycles. The van der Waals surface area contributed by atoms with E-state index in [4.69, 9.17) is 9.47 Å². The van der Waals surface area contributed by atoms with Crippen molar-refractivity contribution in [1.29, 1.82) is 0 Å². The quantitative estimate of drug-likeness (QED) is 0.246. The molecule has 0 radical (unpaired) electrons. The number of carbonyl (C=O) groups is 2. The first-order valence-corrected chi connectivity index (χ1v) is 16.2. The maximum atomic E-state index is 14.0. The molecule has 2 saturated carbocycles. The number of piperidine rings is 1. The highest BCUT2D eigenvalue weighted by atomic mass is 16.6. The number of nitrogens with zero attached hydrogens (tertiary/aromatic N) is 2. The van der Waals surface area contributed by atoms with Gasteiger partial charge < -0.3 is 19.5 Å². The first-order chi connectivity index (χ1) is 20.7. The van der Waals surface area contributed by atoms with Crippen LogP contribution >= 0.6 is 0 Å². The Balaban J connectivity index is 1.30. The van der Waals surface area contributed by atoms with E-state index in [0.29, 0.717) is 30.0 Å². The van der Waals surface area contributed by atoms with E-state index in [1.54, 1.807) is 12.1 Å². The molecule has 1 N–H and O–H groups in total. The van der Waals surface area contributed by atoms with Crippen molar-refractivity contribution in [3.8, 4) is 17.2 Å². The Bertz CT molecular complexity index is 1480. The fourth-order valence-corrected chi connectivity index (χ4v) is 8.88. The molecule has 1 saturated heterocycles. The maximum absolute atomic E-state index is 14.0. The number of benzene rings is 2. The number of phenols is 1. The molecule has 1 spiro atoms. The van der Waals surface area contributed by atoms with Crippen molar-refractivity contribution >= 4 is 18.0 Å². The number of carbonyl (C=O) groups excluding carboxylic acids is 2. The van der Waals surface area contributed by atoms with Crippen molar-refractivity contribution in [2.45, 2.75) is 89.8 Å². The Kier molecular flexibility index (Phi) is 7.07. The van der Waals surface area contributed by atoms with Gasteiger partial charge in [0.25, 0.3) is 0 Å². The van der Waals surface area contributed by atoms with Crippen molar-refractivity contribution in [2.24, 2.45) is 17.8 Å². The highest BCUT2D eigenvalue weighted by Gasteiger charge is 2.67. The number of aromatic hydroxyl groups is 1. The van der Waals surface area contributed by atoms with E-state index in [-0.39, 0.29) is 35.1 Å². The van der Waals surface area contributed by atoms with Gasteiger partial charge >= 0.3 is 5.97 Å². The minimum atomic E-state index is -0.439. The van der Waals surface area contributed by atoms with Crippen LogP contribution < -0.4 is 9.47 Å². The summed E-state index contributed by atoms with van der Waals surface area (Å²) in [5, 5.41) is 11.4. The molecule has 1 amide bonds. The van der Waals surface area contributed by atoms with Gasteiger partial charge in [-0.25, -0.2) is 0 Å². The van der Waals surface area contributed by atoms with Crippen LogP contribution in [0.5, 0.6) is 17.2 Å². The normalized spacial score (nSPS) is 29.0. The third-order valence-corrected chi connectivity index (χ3v) is 10.6. The molecular formula is C36H44N2O5. The summed E-state index contributed by atoms with van der Waals surface area (Å²) in [5.74, 6) is 2.08. The van der Waals surface area contributed by atoms with Crippen LogP contribution in [0.25, 0.3) is 6.08 Å². The van der Waals surface area contributed by atoms with E-state index in [2.05, 4.69) is 37.8 Å². The van der Waals surface area contributed by atoms with Crippen LogP contribution in [-0.2, 0) is 21.4 Å². The van der Waals surface area contributed by atoms with Gasteiger partial charge in [0.05, 0.1) is 6.04 Å². The average Bonchev–Trinajstić information content (AvgIpc) is 3.71. The minimum absolute atomic E-state index is 0.00331. The fraction of sp³-hybridized carbons (Fsp3) is 0.556. The standard InChI is InChI=1S/C36H44N2O5/c1-21(2)19-38(32(41)13-10-24-7-5-6-22(3)16-24)28-12-11-27-29-17-26-30(40)18-31(42-23(4)39)34-33(26)36(27,35(28)43-34)14-15-37(29)20-25-8-9-25/h5-7,10,13,16,18,21,25,27-29,35,40H,8-9,11-12,14-15,17,19-20H2,1-4H3/t27-,28-,29+,35+,36-/m0/s1. The summed E-state index contributed by atoms with van der Waals surface area (Å²) in [7, 11) is 0. The van der Waals surface area contributed by atoms with Crippen LogP contribution in [0.1, 0.15) is 75.1 Å². The molecule has 0 aromatic heterocycles. The summed E-state index contributed by atoms with van der Waals surface area (Å²) in [5.41, 5.74) is 3.81. The first-order valence-electron chi connectivity index (χ1n) is 16.2. The van der Waals surface area contributed by atoms with Crippen molar-refractivity contribution in [2.75, 3.05) is 19.6 Å². The molecule has 2 aromatic carbocycles. The van der Waals surface area contributed by atoms with E-state index in [1.165, 1.54) is 19.8 Å². The molecule has 228 valence electrons. The number of likely N-dealkylation sites (tertiary alicyclic amines) is 1. The predicted molar refractivity (Wildman–Crippen MR) is 165 cm³/mol. The summed E-state index contributed by atoms with van der Waals surface area (Å²) >= 11 is 0. The molecule has 3 fully saturated rings. The number of aryl methyl sites for hydroxylation is 1. The van der Waals surface area contributed by atoms with Crippen LogP contribution in [0.2, 0.25) is 0 Å². The second-order valence-electron chi connectivity index (χ2n) is 14.1. The van der Waals surface area contributed by atoms with Gasteiger partial charge in [-0.15, -0.1) is 0 Å². The molecule has 2 heterocycles. The molecule has 2 bridgehead atoms. The Hall–Kier alpha value is -3.32. The average molecular weight is 585 g/mol. The van der Waals surface area contributed by atoms with E-state index < -0.39 is 5.97 Å². The Morgan fingerprint density at radius 3 is 2.74 bits per heavy atom. The zero-order chi connectivity index (χ0) is 30.0. The lowest BCUT2D eigenvalue weighted by Gasteiger charge is -2.60. The van der Waals surface area contributed by atoms with Gasteiger partial charge in [0.1, 0.15) is 11.9 Å². The van der Waals surface area contributed by atoms with Crippen LogP contribution in [0, 0.1) is 24.7 Å². The van der Waals surface area contributed by atoms with Gasteiger partial charge in [-0.05, 0) is 81.4 Å². The smallest absolute Gasteiger partial charge is 0.308 e. The second-order valence-corrected chi connectivity index (χ2v) is 14.1. The summed E-state index contributed by atoms with van der Waals surface area (Å²) in [4.78, 5) is 30.9. The lowest BCUT2D eigenvalue weighted by Crippen LogP contribution is -2.69. The first kappa shape index (κ1) is 28.5. The molecule has 2 aliphatic heterocycles. The van der Waals surface area contributed by atoms with Crippen LogP contribution in [0.3, 0.4) is 0 Å². The van der Waals surface area contributed by atoms with E-state index in [9.17, 15) is 14.7 Å². The topological polar surface area (TPSA) is 79.3 Å². The van der Waals surface area contributed by atoms with Gasteiger partial charge in [-0.1, -0.05) is 43.7 Å². The lowest BCUT2D eigenvalue weighted by molar-refractivity contribution is -0.138. The largest absolute Gasteiger partial charge is 0.508 e. The molecule has 7 nitrogen and oxygen atoms in total. The number of ether oxygens (including phenoxy) is 2. The SMILES string of the molecule is CC(=O)Oc1cc(O)c2c3c1O[C@@H]1[C@@H](N(CC(C)C)C(=O)C=Cc4cccc(C)c4)CC[C@H]4[C@@H](C2)N(CC2CC2)CC[C@]314. The summed E-state index contributed by atoms with van der Waals surface area (Å²) in [6.07, 6.45) is 9.54. The molecule has 7 rings (SSSR count). The zero-order valence-corrected chi connectivity index (χ0v) is 25.8. The van der Waals surface area contributed by atoms with Gasteiger partial charge in [0.2, 0.25) is 5.91 Å². The summed E-state index contributed by atoms with van der Waals surface area (Å²) in [6.45, 7) is 10.5. The number of amides is 1. The second kappa shape index (κ2) is 10.7. The van der Waals surface area contributed by atoms with Crippen molar-refractivity contribution in [3.05, 3.63) is 58.7 Å². The Morgan fingerprint density at radius 1 is 1.21 bits per heavy atom. The van der Waals surface area contributed by atoms with Gasteiger partial charge in [0, 0.05) is 54.7 Å². The van der Waals surface area contributed by atoms with E-state index in [1.807, 2.05) is 23.1 Å². The Labute approximate surface area is 254 Å². The minimum Gasteiger partial charge on any atom is -0.508 e. The van der Waals surface area contributed by atoms with Crippen molar-refractivity contribution in [1.82, 2.24) is 9.80 Å². The molecular weight excluding hydrogens is 540 g/mol. The molecule has 7 heteroatoms. The monoisotopic (exact) mass is 584 g/mol. The fourth-order valence-electron chi connectivity index (χ4n) is 8.88. The summed E-state index contributed by atoms with van der Waals surface area (Å²) < 4.78 is 12.6. The van der Waals surface area contributed by atoms with Gasteiger partial charge in [-0.2, -0.15) is 0 Å². The van der Waals surface area contributed by atoms with Crippen molar-refractivity contribution < 1.29 is 24.2 Å². The number of hydrogen-bond donors (Lipinski definition) is 1. The van der Waals surface area contributed by atoms with Crippen LogP contribution in [0.15, 0.2) is 36.4 Å². The molecule has 5 aliphatic rings. The van der Waals surface area contributed by atoms with Gasteiger partial charge in [-0.3, -0.25) is 14.5 Å². The molecule has 2 aromatic rings. The maximum Gasteiger partial charge on any atom is 0.308 e. The third kappa shape index (κ3) is 4.84. The molecule has 5 atom stereocenters. The Morgan fingerprint density at radius 2 is 2.02 bits per heavy atom. The molecule has 0 unspecified atom stereocenters. The van der Waals surface area contributed by atoms with Gasteiger partial charge in [0.15, 0.2) is 11.5 Å². The zero-order valence-electron chi connectivity index (χ0n) is 25.8. The number of phenolic OH excluding ortho intramolecular Hbond substituents is 1. The van der Waals surface area contributed by atoms with Crippen LogP contribution in [0.4, 0.5) is 0 Å². The third-order valence-electron chi connectivity index (χ3n) is 10.6. The van der Waals surface area contributed by atoms with Crippen molar-refractivity contribution in [3.63, 3.8) is 0 Å². The highest BCUT2D eigenvalue weighted by molar-refractivity contribution is 5.92. The lowest BCUT2D eigenvalue weighted by atomic mass is 9.50. The summed E-state index contributed by atoms with van der Waals surface area (Å²) in [6, 6.07) is 9.95. The molecule has 43 heavy (non-hydrogen) atoms. The highest BCUT2D eigenvalue weighted by Crippen LogP contribution is 2.66. The van der Waals surface area contributed by atoms with E-state index in [0.717, 1.165) is 66.9 Å². The van der Waals surface area contributed by atoms with E-state index >= 15 is 0 Å². The number of hydrogen-bond acceptors (Lipinski definition) is 6. The number of rotatable bonds is 8. The predicted octanol–water partition coefficient (Wildman–Crippen LogP) is 5.64.